The number of alkyl carbamates (subject to hydrolysis) is 1. The van der Waals surface area contributed by atoms with E-state index in [1.54, 1.807) is 14.1 Å². The molecule has 1 rings (SSSR count). The second-order valence-electron chi connectivity index (χ2n) is 7.77. The van der Waals surface area contributed by atoms with E-state index in [2.05, 4.69) is 20.9 Å². The second-order valence-corrected chi connectivity index (χ2v) is 7.77. The number of carbonyl (C=O) groups is 2. The molecule has 1 atom stereocenters. The van der Waals surface area contributed by atoms with Gasteiger partial charge in [-0.2, -0.15) is 0 Å². The zero-order valence-corrected chi connectivity index (χ0v) is 17.3. The summed E-state index contributed by atoms with van der Waals surface area (Å²) in [6.45, 7) is 8.95. The van der Waals surface area contributed by atoms with Gasteiger partial charge in [0.2, 0.25) is 5.91 Å². The van der Waals surface area contributed by atoms with E-state index in [0.29, 0.717) is 31.4 Å². The molecule has 1 saturated heterocycles. The lowest BCUT2D eigenvalue weighted by atomic mass is 10.1. The van der Waals surface area contributed by atoms with Crippen molar-refractivity contribution < 1.29 is 19.1 Å². The van der Waals surface area contributed by atoms with Crippen molar-refractivity contribution in [3.8, 4) is 0 Å². The van der Waals surface area contributed by atoms with Crippen LogP contribution < -0.4 is 16.0 Å². The number of nitrogens with one attached hydrogen (secondary N) is 3. The van der Waals surface area contributed by atoms with Gasteiger partial charge in [0.05, 0.1) is 6.61 Å². The molecule has 0 radical (unpaired) electrons. The van der Waals surface area contributed by atoms with Crippen molar-refractivity contribution in [2.24, 2.45) is 10.9 Å². The summed E-state index contributed by atoms with van der Waals surface area (Å²) < 4.78 is 10.6. The number of amides is 2. The van der Waals surface area contributed by atoms with Gasteiger partial charge in [-0.1, -0.05) is 0 Å². The van der Waals surface area contributed by atoms with Crippen LogP contribution in [0.15, 0.2) is 4.99 Å². The standard InChI is InChI=1S/C18H35N5O4/c1-18(2,3)27-17(25)20-9-6-8-19-16(22-12-15(24)23(4)5)21-11-14-7-10-26-13-14/h14H,6-13H2,1-5H3,(H,20,25)(H2,19,21,22). The normalized spacial score (nSPS) is 17.4. The van der Waals surface area contributed by atoms with Gasteiger partial charge in [-0.15, -0.1) is 0 Å². The molecule has 1 heterocycles. The number of guanidine groups is 1. The van der Waals surface area contributed by atoms with Crippen LogP contribution in [0.1, 0.15) is 33.6 Å². The van der Waals surface area contributed by atoms with E-state index >= 15 is 0 Å². The van der Waals surface area contributed by atoms with Gasteiger partial charge >= 0.3 is 6.09 Å². The minimum absolute atomic E-state index is 0.0631. The first-order valence-corrected chi connectivity index (χ1v) is 9.44. The summed E-state index contributed by atoms with van der Waals surface area (Å²) in [5.74, 6) is 0.983. The summed E-state index contributed by atoms with van der Waals surface area (Å²) >= 11 is 0. The van der Waals surface area contributed by atoms with Crippen molar-refractivity contribution >= 4 is 18.0 Å². The predicted molar refractivity (Wildman–Crippen MR) is 105 cm³/mol. The van der Waals surface area contributed by atoms with Gasteiger partial charge in [-0.25, -0.2) is 9.79 Å². The first kappa shape index (κ1) is 23.0. The maximum absolute atomic E-state index is 11.8. The van der Waals surface area contributed by atoms with Crippen LogP contribution in [0, 0.1) is 5.92 Å². The molecule has 0 aliphatic carbocycles. The van der Waals surface area contributed by atoms with Crippen molar-refractivity contribution in [3.05, 3.63) is 0 Å². The highest BCUT2D eigenvalue weighted by Crippen LogP contribution is 2.10. The summed E-state index contributed by atoms with van der Waals surface area (Å²) in [6.07, 6.45) is 1.30. The lowest BCUT2D eigenvalue weighted by molar-refractivity contribution is -0.127. The predicted octanol–water partition coefficient (Wildman–Crippen LogP) is 0.561. The molecule has 27 heavy (non-hydrogen) atoms. The molecule has 1 fully saturated rings. The molecular weight excluding hydrogens is 350 g/mol. The number of rotatable bonds is 8. The van der Waals surface area contributed by atoms with Crippen LogP contribution in [-0.2, 0) is 14.3 Å². The van der Waals surface area contributed by atoms with Crippen molar-refractivity contribution in [2.75, 3.05) is 53.5 Å². The fourth-order valence-corrected chi connectivity index (χ4v) is 2.25. The van der Waals surface area contributed by atoms with Crippen molar-refractivity contribution in [2.45, 2.75) is 39.2 Å². The van der Waals surface area contributed by atoms with Crippen molar-refractivity contribution in [3.63, 3.8) is 0 Å². The summed E-state index contributed by atoms with van der Waals surface area (Å²) in [6, 6.07) is 0. The number of hydrogen-bond acceptors (Lipinski definition) is 5. The van der Waals surface area contributed by atoms with E-state index in [9.17, 15) is 9.59 Å². The quantitative estimate of drug-likeness (QED) is 0.320. The maximum atomic E-state index is 11.8. The van der Waals surface area contributed by atoms with Gasteiger partial charge < -0.3 is 30.3 Å². The van der Waals surface area contributed by atoms with Gasteiger partial charge in [0.15, 0.2) is 5.96 Å². The van der Waals surface area contributed by atoms with E-state index in [-0.39, 0.29) is 12.5 Å². The Morgan fingerprint density at radius 3 is 2.48 bits per heavy atom. The van der Waals surface area contributed by atoms with Crippen LogP contribution in [0.4, 0.5) is 4.79 Å². The van der Waals surface area contributed by atoms with Crippen LogP contribution >= 0.6 is 0 Å². The number of carbonyl (C=O) groups excluding carboxylic acids is 2. The zero-order valence-electron chi connectivity index (χ0n) is 17.3. The van der Waals surface area contributed by atoms with Crippen LogP contribution in [0.3, 0.4) is 0 Å². The molecule has 9 heteroatoms. The zero-order chi connectivity index (χ0) is 20.3. The topological polar surface area (TPSA) is 104 Å². The third kappa shape index (κ3) is 11.3. The Hall–Kier alpha value is -2.03. The van der Waals surface area contributed by atoms with E-state index in [0.717, 1.165) is 26.2 Å². The van der Waals surface area contributed by atoms with E-state index in [4.69, 9.17) is 9.47 Å². The molecule has 156 valence electrons. The summed E-state index contributed by atoms with van der Waals surface area (Å²) in [7, 11) is 3.41. The largest absolute Gasteiger partial charge is 0.444 e. The minimum atomic E-state index is -0.505. The molecule has 2 amide bonds. The highest BCUT2D eigenvalue weighted by molar-refractivity contribution is 5.84. The van der Waals surface area contributed by atoms with Crippen LogP contribution in [0.2, 0.25) is 0 Å². The smallest absolute Gasteiger partial charge is 0.407 e. The SMILES string of the molecule is CN(C)C(=O)CN=C(NCCCNC(=O)OC(C)(C)C)NCC1CCOC1. The van der Waals surface area contributed by atoms with Gasteiger partial charge in [0.25, 0.3) is 0 Å². The Kier molecular flexibility index (Phi) is 9.92. The van der Waals surface area contributed by atoms with E-state index in [1.165, 1.54) is 4.90 Å². The Labute approximate surface area is 162 Å². The Balaban J connectivity index is 2.35. The van der Waals surface area contributed by atoms with Gasteiger partial charge in [0, 0.05) is 46.3 Å². The molecular formula is C18H35N5O4. The van der Waals surface area contributed by atoms with E-state index in [1.807, 2.05) is 20.8 Å². The minimum Gasteiger partial charge on any atom is -0.444 e. The maximum Gasteiger partial charge on any atom is 0.407 e. The van der Waals surface area contributed by atoms with Gasteiger partial charge in [0.1, 0.15) is 12.1 Å². The molecule has 9 nitrogen and oxygen atoms in total. The Morgan fingerprint density at radius 1 is 1.19 bits per heavy atom. The molecule has 0 aromatic rings. The third-order valence-electron chi connectivity index (χ3n) is 3.77. The third-order valence-corrected chi connectivity index (χ3v) is 3.77. The van der Waals surface area contributed by atoms with Crippen molar-refractivity contribution in [1.29, 1.82) is 0 Å². The summed E-state index contributed by atoms with van der Waals surface area (Å²) in [5, 5.41) is 9.17. The molecule has 1 unspecified atom stereocenters. The molecule has 0 bridgehead atoms. The Bertz CT molecular complexity index is 496. The number of nitrogens with zero attached hydrogens (tertiary/aromatic N) is 2. The lowest BCUT2D eigenvalue weighted by Gasteiger charge is -2.19. The first-order chi connectivity index (χ1) is 12.7. The summed E-state index contributed by atoms with van der Waals surface area (Å²) in [5.41, 5.74) is -0.505. The average Bonchev–Trinajstić information content (AvgIpc) is 3.07. The molecule has 0 saturated carbocycles. The second kappa shape index (κ2) is 11.6. The monoisotopic (exact) mass is 385 g/mol. The number of hydrogen-bond donors (Lipinski definition) is 3. The number of aliphatic imine (C=N–C) groups is 1. The summed E-state index contributed by atoms with van der Waals surface area (Å²) in [4.78, 5) is 29.2. The molecule has 3 N–H and O–H groups in total. The molecule has 1 aliphatic rings. The molecule has 1 aliphatic heterocycles. The molecule has 0 spiro atoms. The lowest BCUT2D eigenvalue weighted by Crippen LogP contribution is -2.42. The van der Waals surface area contributed by atoms with Crippen LogP contribution in [-0.4, -0.2) is 81.9 Å². The molecule has 0 aromatic heterocycles. The average molecular weight is 386 g/mol. The highest BCUT2D eigenvalue weighted by Gasteiger charge is 2.16. The van der Waals surface area contributed by atoms with Crippen molar-refractivity contribution in [1.82, 2.24) is 20.9 Å². The van der Waals surface area contributed by atoms with Crippen LogP contribution in [0.5, 0.6) is 0 Å². The van der Waals surface area contributed by atoms with E-state index < -0.39 is 11.7 Å². The van der Waals surface area contributed by atoms with Gasteiger partial charge in [-0.3, -0.25) is 4.79 Å². The molecule has 0 aromatic carbocycles. The first-order valence-electron chi connectivity index (χ1n) is 9.44. The highest BCUT2D eigenvalue weighted by atomic mass is 16.6. The fourth-order valence-electron chi connectivity index (χ4n) is 2.25. The van der Waals surface area contributed by atoms with Gasteiger partial charge in [-0.05, 0) is 33.6 Å². The number of ether oxygens (including phenoxy) is 2. The fraction of sp³-hybridized carbons (Fsp3) is 0.833. The van der Waals surface area contributed by atoms with Crippen LogP contribution in [0.25, 0.3) is 0 Å². The Morgan fingerprint density at radius 2 is 1.89 bits per heavy atom. The number of likely N-dealkylation sites (N-methyl/N-ethyl adjacent to an activating group) is 1.